The van der Waals surface area contributed by atoms with Gasteiger partial charge in [-0.25, -0.2) is 4.72 Å². The number of amides is 1. The van der Waals surface area contributed by atoms with Crippen molar-refractivity contribution in [2.24, 2.45) is 0 Å². The first-order valence-corrected chi connectivity index (χ1v) is 4.89. The van der Waals surface area contributed by atoms with Gasteiger partial charge in [0.2, 0.25) is 0 Å². The molecule has 5 nitrogen and oxygen atoms in total. The maximum Gasteiger partial charge on any atom is 0.304 e. The summed E-state index contributed by atoms with van der Waals surface area (Å²) in [7, 11) is -3.44. The van der Waals surface area contributed by atoms with Crippen LogP contribution in [0.5, 0.6) is 0 Å². The molecule has 0 unspecified atom stereocenters. The predicted molar refractivity (Wildman–Crippen MR) is 36.8 cm³/mol. The van der Waals surface area contributed by atoms with E-state index >= 15 is 0 Å². The second kappa shape index (κ2) is 1.95. The smallest absolute Gasteiger partial charge is 0.272 e. The molecule has 0 aromatic carbocycles. The first-order chi connectivity index (χ1) is 5.11. The summed E-state index contributed by atoms with van der Waals surface area (Å²) in [6, 6.07) is -0.417. The minimum absolute atomic E-state index is 0.373. The van der Waals surface area contributed by atoms with Crippen LogP contribution in [0.2, 0.25) is 0 Å². The Bertz CT molecular complexity index is 297. The van der Waals surface area contributed by atoms with Crippen LogP contribution in [0, 0.1) is 0 Å². The largest absolute Gasteiger partial charge is 0.304 e. The Hall–Kier alpha value is -0.620. The number of fused-ring (bicyclic) bond motifs is 1. The summed E-state index contributed by atoms with van der Waals surface area (Å²) in [5.74, 6) is -0.373. The van der Waals surface area contributed by atoms with Crippen LogP contribution in [0.25, 0.3) is 0 Å². The fourth-order valence-corrected chi connectivity index (χ4v) is 2.96. The fourth-order valence-electron chi connectivity index (χ4n) is 1.54. The lowest BCUT2D eigenvalue weighted by Crippen LogP contribution is -2.29. The second-order valence-corrected chi connectivity index (χ2v) is 4.36. The minimum atomic E-state index is -3.44. The van der Waals surface area contributed by atoms with Gasteiger partial charge in [-0.15, -0.1) is 0 Å². The molecule has 2 saturated heterocycles. The van der Waals surface area contributed by atoms with Crippen molar-refractivity contribution in [1.29, 1.82) is 0 Å². The Morgan fingerprint density at radius 2 is 2.27 bits per heavy atom. The van der Waals surface area contributed by atoms with Crippen LogP contribution < -0.4 is 4.72 Å². The van der Waals surface area contributed by atoms with Crippen LogP contribution in [0.3, 0.4) is 0 Å². The molecule has 0 aromatic rings. The van der Waals surface area contributed by atoms with Gasteiger partial charge >= 0.3 is 10.2 Å². The van der Waals surface area contributed by atoms with Crippen LogP contribution in [-0.4, -0.2) is 31.2 Å². The minimum Gasteiger partial charge on any atom is -0.272 e. The summed E-state index contributed by atoms with van der Waals surface area (Å²) in [5.41, 5.74) is 0. The fraction of sp³-hybridized carbons (Fsp3) is 0.800. The first kappa shape index (κ1) is 7.05. The third-order valence-corrected chi connectivity index (χ3v) is 3.56. The topological polar surface area (TPSA) is 66.5 Å². The molecule has 6 heteroatoms. The number of hydrogen-bond donors (Lipinski definition) is 1. The zero-order valence-electron chi connectivity index (χ0n) is 5.78. The molecule has 2 aliphatic rings. The van der Waals surface area contributed by atoms with Gasteiger partial charge in [0.25, 0.3) is 5.91 Å². The normalized spacial score (nSPS) is 35.3. The lowest BCUT2D eigenvalue weighted by Gasteiger charge is -2.07. The maximum atomic E-state index is 11.0. The standard InChI is InChI=1S/C5H8N2O3S/c8-5-4-2-1-3-7(4)11(9,10)6-5/h4H,1-3H2,(H,6,8)/t4-/m1/s1. The Morgan fingerprint density at radius 1 is 1.55 bits per heavy atom. The van der Waals surface area contributed by atoms with E-state index in [0.29, 0.717) is 13.0 Å². The van der Waals surface area contributed by atoms with Crippen molar-refractivity contribution in [3.63, 3.8) is 0 Å². The molecule has 1 atom stereocenters. The molecule has 2 fully saturated rings. The molecule has 0 bridgehead atoms. The second-order valence-electron chi connectivity index (χ2n) is 2.74. The highest BCUT2D eigenvalue weighted by Gasteiger charge is 2.46. The molecule has 0 aromatic heterocycles. The number of rotatable bonds is 0. The Labute approximate surface area is 64.6 Å². The van der Waals surface area contributed by atoms with Crippen molar-refractivity contribution in [2.75, 3.05) is 6.54 Å². The summed E-state index contributed by atoms with van der Waals surface area (Å²) >= 11 is 0. The van der Waals surface area contributed by atoms with Gasteiger partial charge < -0.3 is 0 Å². The van der Waals surface area contributed by atoms with Crippen molar-refractivity contribution < 1.29 is 13.2 Å². The van der Waals surface area contributed by atoms with E-state index < -0.39 is 16.3 Å². The average Bonchev–Trinajstić information content (AvgIpc) is 2.37. The van der Waals surface area contributed by atoms with Crippen molar-refractivity contribution in [3.8, 4) is 0 Å². The maximum absolute atomic E-state index is 11.0. The molecule has 2 aliphatic heterocycles. The summed E-state index contributed by atoms with van der Waals surface area (Å²) in [4.78, 5) is 10.9. The SMILES string of the molecule is O=C1NS(=O)(=O)N2CCC[C@H]12. The van der Waals surface area contributed by atoms with Gasteiger partial charge in [0, 0.05) is 6.54 Å². The van der Waals surface area contributed by atoms with Crippen LogP contribution in [0.4, 0.5) is 0 Å². The van der Waals surface area contributed by atoms with E-state index in [9.17, 15) is 13.2 Å². The molecule has 2 rings (SSSR count). The van der Waals surface area contributed by atoms with Crippen molar-refractivity contribution in [2.45, 2.75) is 18.9 Å². The van der Waals surface area contributed by atoms with Gasteiger partial charge in [-0.05, 0) is 12.8 Å². The highest BCUT2D eigenvalue weighted by Crippen LogP contribution is 2.24. The number of carbonyl (C=O) groups excluding carboxylic acids is 1. The van der Waals surface area contributed by atoms with Gasteiger partial charge in [0.15, 0.2) is 0 Å². The zero-order valence-corrected chi connectivity index (χ0v) is 6.60. The highest BCUT2D eigenvalue weighted by molar-refractivity contribution is 7.88. The van der Waals surface area contributed by atoms with Crippen LogP contribution >= 0.6 is 0 Å². The lowest BCUT2D eigenvalue weighted by atomic mass is 10.2. The molecule has 11 heavy (non-hydrogen) atoms. The van der Waals surface area contributed by atoms with Crippen molar-refractivity contribution in [3.05, 3.63) is 0 Å². The molecule has 0 radical (unpaired) electrons. The summed E-state index contributed by atoms with van der Waals surface area (Å²) < 4.78 is 25.3. The van der Waals surface area contributed by atoms with E-state index in [0.717, 1.165) is 6.42 Å². The lowest BCUT2D eigenvalue weighted by molar-refractivity contribution is -0.120. The summed E-state index contributed by atoms with van der Waals surface area (Å²) in [6.07, 6.45) is 1.45. The predicted octanol–water partition coefficient (Wildman–Crippen LogP) is -1.17. The zero-order chi connectivity index (χ0) is 8.06. The van der Waals surface area contributed by atoms with E-state index in [1.165, 1.54) is 4.31 Å². The molecular formula is C5H8N2O3S. The van der Waals surface area contributed by atoms with Crippen LogP contribution in [0.15, 0.2) is 0 Å². The molecule has 0 spiro atoms. The third kappa shape index (κ3) is 0.860. The summed E-state index contributed by atoms with van der Waals surface area (Å²) in [6.45, 7) is 0.478. The van der Waals surface area contributed by atoms with E-state index in [1.54, 1.807) is 0 Å². The first-order valence-electron chi connectivity index (χ1n) is 3.45. The molecule has 0 aliphatic carbocycles. The summed E-state index contributed by atoms with van der Waals surface area (Å²) in [5, 5.41) is 0. The molecule has 1 amide bonds. The molecule has 62 valence electrons. The monoisotopic (exact) mass is 176 g/mol. The average molecular weight is 176 g/mol. The van der Waals surface area contributed by atoms with E-state index in [4.69, 9.17) is 0 Å². The van der Waals surface area contributed by atoms with Crippen LogP contribution in [-0.2, 0) is 15.0 Å². The Kier molecular flexibility index (Phi) is 1.25. The number of nitrogens with zero attached hydrogens (tertiary/aromatic N) is 1. The number of carbonyl (C=O) groups is 1. The van der Waals surface area contributed by atoms with Gasteiger partial charge in [-0.2, -0.15) is 12.7 Å². The molecule has 1 N–H and O–H groups in total. The van der Waals surface area contributed by atoms with Gasteiger partial charge in [0.1, 0.15) is 6.04 Å². The van der Waals surface area contributed by atoms with E-state index in [-0.39, 0.29) is 5.91 Å². The number of hydrogen-bond acceptors (Lipinski definition) is 3. The van der Waals surface area contributed by atoms with Gasteiger partial charge in [0.05, 0.1) is 0 Å². The highest BCUT2D eigenvalue weighted by atomic mass is 32.2. The molecular weight excluding hydrogens is 168 g/mol. The molecule has 0 saturated carbocycles. The Morgan fingerprint density at radius 3 is 2.91 bits per heavy atom. The van der Waals surface area contributed by atoms with Crippen molar-refractivity contribution >= 4 is 16.1 Å². The molecule has 2 heterocycles. The van der Waals surface area contributed by atoms with Crippen LogP contribution in [0.1, 0.15) is 12.8 Å². The Balaban J connectivity index is 2.42. The van der Waals surface area contributed by atoms with Gasteiger partial charge in [-0.3, -0.25) is 4.79 Å². The quantitative estimate of drug-likeness (QED) is 0.505. The number of nitrogens with one attached hydrogen (secondary N) is 1. The van der Waals surface area contributed by atoms with Gasteiger partial charge in [-0.1, -0.05) is 0 Å². The van der Waals surface area contributed by atoms with E-state index in [1.807, 2.05) is 4.72 Å². The third-order valence-electron chi connectivity index (χ3n) is 2.04. The van der Waals surface area contributed by atoms with Crippen molar-refractivity contribution in [1.82, 2.24) is 9.03 Å². The van der Waals surface area contributed by atoms with E-state index in [2.05, 4.69) is 0 Å².